The van der Waals surface area contributed by atoms with Crippen LogP contribution in [0, 0.1) is 3.57 Å². The molecule has 0 saturated carbocycles. The Balaban J connectivity index is 2.14. The third-order valence-electron chi connectivity index (χ3n) is 2.14. The fourth-order valence-electron chi connectivity index (χ4n) is 1.27. The maximum atomic E-state index is 6.10. The first-order valence-corrected chi connectivity index (χ1v) is 6.95. The number of hydrogen-bond donors (Lipinski definition) is 1. The molecule has 1 N–H and O–H groups in total. The summed E-state index contributed by atoms with van der Waals surface area (Å²) in [6.07, 6.45) is 0.950. The second-order valence-electron chi connectivity index (χ2n) is 3.51. The average molecular weight is 370 g/mol. The number of methoxy groups -OCH3 is 1. The Kier molecular flexibility index (Phi) is 7.92. The molecule has 0 aliphatic carbocycles. The van der Waals surface area contributed by atoms with E-state index in [2.05, 4.69) is 27.9 Å². The van der Waals surface area contributed by atoms with Crippen LogP contribution in [0.2, 0.25) is 5.02 Å². The van der Waals surface area contributed by atoms with Crippen molar-refractivity contribution in [1.82, 2.24) is 0 Å². The van der Waals surface area contributed by atoms with Gasteiger partial charge in [0, 0.05) is 23.8 Å². The first-order chi connectivity index (χ1) is 8.24. The Hall–Kier alpha value is -0.0400. The molecule has 0 saturated heterocycles. The highest BCUT2D eigenvalue weighted by atomic mass is 127. The number of halogens is 2. The Morgan fingerprint density at radius 3 is 2.82 bits per heavy atom. The lowest BCUT2D eigenvalue weighted by atomic mass is 10.3. The van der Waals surface area contributed by atoms with E-state index in [0.29, 0.717) is 13.2 Å². The van der Waals surface area contributed by atoms with Crippen LogP contribution in [0.15, 0.2) is 18.2 Å². The second-order valence-corrected chi connectivity index (χ2v) is 5.16. The monoisotopic (exact) mass is 369 g/mol. The van der Waals surface area contributed by atoms with E-state index in [1.54, 1.807) is 7.11 Å². The molecular formula is C12H17ClINO2. The Labute approximate surface area is 121 Å². The SMILES string of the molecule is COCCOCCCNc1ccc(I)cc1Cl. The van der Waals surface area contributed by atoms with Crippen LogP contribution in [-0.4, -0.2) is 33.5 Å². The van der Waals surface area contributed by atoms with Gasteiger partial charge < -0.3 is 14.8 Å². The molecular weight excluding hydrogens is 352 g/mol. The molecule has 0 atom stereocenters. The molecule has 0 aromatic heterocycles. The van der Waals surface area contributed by atoms with E-state index in [-0.39, 0.29) is 0 Å². The quantitative estimate of drug-likeness (QED) is 0.563. The molecule has 1 aromatic carbocycles. The average Bonchev–Trinajstić information content (AvgIpc) is 2.30. The van der Waals surface area contributed by atoms with Gasteiger partial charge in [0.2, 0.25) is 0 Å². The molecule has 0 fully saturated rings. The number of ether oxygens (including phenoxy) is 2. The maximum absolute atomic E-state index is 6.10. The highest BCUT2D eigenvalue weighted by Gasteiger charge is 1.99. The summed E-state index contributed by atoms with van der Waals surface area (Å²) in [7, 11) is 1.67. The summed E-state index contributed by atoms with van der Waals surface area (Å²) in [6.45, 7) is 2.89. The van der Waals surface area contributed by atoms with Crippen molar-refractivity contribution in [3.8, 4) is 0 Å². The molecule has 0 bridgehead atoms. The smallest absolute Gasteiger partial charge is 0.0700 e. The topological polar surface area (TPSA) is 30.5 Å². The van der Waals surface area contributed by atoms with Crippen LogP contribution in [0.5, 0.6) is 0 Å². The number of rotatable bonds is 8. The van der Waals surface area contributed by atoms with Gasteiger partial charge in [0.25, 0.3) is 0 Å². The molecule has 96 valence electrons. The van der Waals surface area contributed by atoms with Gasteiger partial charge in [-0.1, -0.05) is 11.6 Å². The summed E-state index contributed by atoms with van der Waals surface area (Å²) in [5.41, 5.74) is 0.976. The van der Waals surface area contributed by atoms with E-state index in [9.17, 15) is 0 Å². The van der Waals surface area contributed by atoms with Gasteiger partial charge in [0.05, 0.1) is 23.9 Å². The normalized spacial score (nSPS) is 10.5. The van der Waals surface area contributed by atoms with Crippen molar-refractivity contribution in [3.05, 3.63) is 26.8 Å². The molecule has 0 aliphatic rings. The van der Waals surface area contributed by atoms with E-state index >= 15 is 0 Å². The third-order valence-corrected chi connectivity index (χ3v) is 3.13. The molecule has 3 nitrogen and oxygen atoms in total. The fraction of sp³-hybridized carbons (Fsp3) is 0.500. The van der Waals surface area contributed by atoms with E-state index < -0.39 is 0 Å². The van der Waals surface area contributed by atoms with Crippen molar-refractivity contribution in [2.45, 2.75) is 6.42 Å². The van der Waals surface area contributed by atoms with E-state index in [1.807, 2.05) is 18.2 Å². The van der Waals surface area contributed by atoms with Crippen LogP contribution in [0.3, 0.4) is 0 Å². The van der Waals surface area contributed by atoms with Crippen LogP contribution < -0.4 is 5.32 Å². The largest absolute Gasteiger partial charge is 0.384 e. The zero-order chi connectivity index (χ0) is 12.5. The molecule has 0 spiro atoms. The van der Waals surface area contributed by atoms with Gasteiger partial charge in [0.1, 0.15) is 0 Å². The standard InChI is InChI=1S/C12H17ClINO2/c1-16-7-8-17-6-2-5-15-12-4-3-10(14)9-11(12)13/h3-4,9,15H,2,5-8H2,1H3. The lowest BCUT2D eigenvalue weighted by molar-refractivity contribution is 0.0705. The van der Waals surface area contributed by atoms with Crippen molar-refractivity contribution >= 4 is 39.9 Å². The molecule has 1 aromatic rings. The van der Waals surface area contributed by atoms with Crippen LogP contribution in [-0.2, 0) is 9.47 Å². The summed E-state index contributed by atoms with van der Waals surface area (Å²) in [4.78, 5) is 0. The number of anilines is 1. The Morgan fingerprint density at radius 1 is 1.29 bits per heavy atom. The number of nitrogens with one attached hydrogen (secondary N) is 1. The molecule has 0 amide bonds. The van der Waals surface area contributed by atoms with Gasteiger partial charge in [-0.2, -0.15) is 0 Å². The van der Waals surface area contributed by atoms with Gasteiger partial charge in [-0.3, -0.25) is 0 Å². The summed E-state index contributed by atoms with van der Waals surface area (Å²) in [5.74, 6) is 0. The minimum atomic E-state index is 0.649. The third kappa shape index (κ3) is 6.45. The molecule has 0 unspecified atom stereocenters. The molecule has 5 heteroatoms. The van der Waals surface area contributed by atoms with Gasteiger partial charge >= 0.3 is 0 Å². The first kappa shape index (κ1) is 15.0. The van der Waals surface area contributed by atoms with E-state index in [1.165, 1.54) is 0 Å². The van der Waals surface area contributed by atoms with E-state index in [0.717, 1.165) is 33.9 Å². The lowest BCUT2D eigenvalue weighted by Crippen LogP contribution is -2.08. The van der Waals surface area contributed by atoms with Gasteiger partial charge in [0.15, 0.2) is 0 Å². The molecule has 17 heavy (non-hydrogen) atoms. The molecule has 0 heterocycles. The summed E-state index contributed by atoms with van der Waals surface area (Å²) >= 11 is 8.34. The molecule has 0 radical (unpaired) electrons. The fourth-order valence-corrected chi connectivity index (χ4v) is 2.20. The Morgan fingerprint density at radius 2 is 2.12 bits per heavy atom. The van der Waals surface area contributed by atoms with Gasteiger partial charge in [-0.05, 0) is 47.2 Å². The van der Waals surface area contributed by atoms with E-state index in [4.69, 9.17) is 21.1 Å². The summed E-state index contributed by atoms with van der Waals surface area (Å²) in [5, 5.41) is 4.05. The Bertz CT molecular complexity index is 336. The van der Waals surface area contributed by atoms with Crippen LogP contribution in [0.4, 0.5) is 5.69 Å². The number of benzene rings is 1. The maximum Gasteiger partial charge on any atom is 0.0700 e. The van der Waals surface area contributed by atoms with Crippen molar-refractivity contribution in [2.75, 3.05) is 38.8 Å². The van der Waals surface area contributed by atoms with Gasteiger partial charge in [-0.15, -0.1) is 0 Å². The molecule has 0 aliphatic heterocycles. The minimum Gasteiger partial charge on any atom is -0.384 e. The van der Waals surface area contributed by atoms with Crippen molar-refractivity contribution in [2.24, 2.45) is 0 Å². The first-order valence-electron chi connectivity index (χ1n) is 5.49. The summed E-state index contributed by atoms with van der Waals surface area (Å²) in [6, 6.07) is 5.97. The number of hydrogen-bond acceptors (Lipinski definition) is 3. The predicted molar refractivity (Wildman–Crippen MR) is 80.0 cm³/mol. The highest BCUT2D eigenvalue weighted by molar-refractivity contribution is 14.1. The second kappa shape index (κ2) is 8.97. The van der Waals surface area contributed by atoms with Gasteiger partial charge in [-0.25, -0.2) is 0 Å². The zero-order valence-corrected chi connectivity index (χ0v) is 12.8. The van der Waals surface area contributed by atoms with Crippen LogP contribution in [0.1, 0.15) is 6.42 Å². The summed E-state index contributed by atoms with van der Waals surface area (Å²) < 4.78 is 11.4. The minimum absolute atomic E-state index is 0.649. The van der Waals surface area contributed by atoms with Crippen molar-refractivity contribution in [3.63, 3.8) is 0 Å². The van der Waals surface area contributed by atoms with Crippen molar-refractivity contribution in [1.29, 1.82) is 0 Å². The van der Waals surface area contributed by atoms with Crippen LogP contribution in [0.25, 0.3) is 0 Å². The van der Waals surface area contributed by atoms with Crippen LogP contribution >= 0.6 is 34.2 Å². The predicted octanol–water partition coefficient (Wildman–Crippen LogP) is 3.41. The zero-order valence-electron chi connectivity index (χ0n) is 9.84. The highest BCUT2D eigenvalue weighted by Crippen LogP contribution is 2.23. The molecule has 1 rings (SSSR count). The van der Waals surface area contributed by atoms with Crippen molar-refractivity contribution < 1.29 is 9.47 Å². The lowest BCUT2D eigenvalue weighted by Gasteiger charge is -2.09.